The van der Waals surface area contributed by atoms with Crippen LogP contribution in [0.1, 0.15) is 37.4 Å². The zero-order valence-corrected chi connectivity index (χ0v) is 16.4. The van der Waals surface area contributed by atoms with E-state index in [9.17, 15) is 19.8 Å². The van der Waals surface area contributed by atoms with Gasteiger partial charge in [-0.05, 0) is 24.3 Å². The van der Waals surface area contributed by atoms with E-state index in [0.29, 0.717) is 22.3 Å². The third-order valence-corrected chi connectivity index (χ3v) is 5.71. The number of ether oxygens (including phenoxy) is 2. The van der Waals surface area contributed by atoms with Gasteiger partial charge in [0.2, 0.25) is 0 Å². The summed E-state index contributed by atoms with van der Waals surface area (Å²) in [6.07, 6.45) is 0. The van der Waals surface area contributed by atoms with Crippen LogP contribution < -0.4 is 4.74 Å². The van der Waals surface area contributed by atoms with E-state index >= 15 is 0 Å². The highest BCUT2D eigenvalue weighted by Gasteiger charge is 2.55. The van der Waals surface area contributed by atoms with Gasteiger partial charge in [-0.2, -0.15) is 0 Å². The summed E-state index contributed by atoms with van der Waals surface area (Å²) in [6.45, 7) is 0. The number of carbonyl (C=O) groups excluding carboxylic acids is 2. The predicted octanol–water partition coefficient (Wildman–Crippen LogP) is 4.24. The van der Waals surface area contributed by atoms with Crippen LogP contribution in [0.5, 0.6) is 23.0 Å². The number of phenolic OH excluding ortho intramolecular Hbond substituents is 2. The van der Waals surface area contributed by atoms with Crippen molar-refractivity contribution in [2.24, 2.45) is 0 Å². The van der Waals surface area contributed by atoms with Crippen molar-refractivity contribution in [3.63, 3.8) is 0 Å². The highest BCUT2D eigenvalue weighted by molar-refractivity contribution is 9.09. The number of alkyl halides is 1. The molecule has 1 atom stereocenters. The van der Waals surface area contributed by atoms with Crippen LogP contribution in [-0.4, -0.2) is 27.3 Å². The molecule has 0 amide bonds. The molecule has 3 aromatic rings. The van der Waals surface area contributed by atoms with Crippen LogP contribution in [0.2, 0.25) is 0 Å². The minimum Gasteiger partial charge on any atom is -0.508 e. The molecule has 0 saturated heterocycles. The number of benzene rings is 3. The van der Waals surface area contributed by atoms with Crippen LogP contribution in [0.4, 0.5) is 0 Å². The highest BCUT2D eigenvalue weighted by atomic mass is 79.9. The van der Waals surface area contributed by atoms with Gasteiger partial charge in [0.15, 0.2) is 11.4 Å². The van der Waals surface area contributed by atoms with Gasteiger partial charge in [-0.3, -0.25) is 4.79 Å². The molecule has 0 aliphatic carbocycles. The standard InChI is InChI=1S/C22H13BrO6/c23-10-17(26)14-7-12(25)9-19-20(14)22(16-6-5-11(24)8-18(16)28-19)15-4-2-1-3-13(15)21(27)29-22/h1-9,24-25H,10H2. The van der Waals surface area contributed by atoms with E-state index in [1.165, 1.54) is 24.3 Å². The van der Waals surface area contributed by atoms with Gasteiger partial charge in [0.05, 0.1) is 16.5 Å². The molecule has 0 fully saturated rings. The topological polar surface area (TPSA) is 93.1 Å². The Balaban J connectivity index is 1.95. The lowest BCUT2D eigenvalue weighted by Crippen LogP contribution is -2.35. The first-order valence-electron chi connectivity index (χ1n) is 8.76. The Hall–Kier alpha value is -3.32. The maximum atomic E-state index is 12.8. The zero-order valence-electron chi connectivity index (χ0n) is 14.8. The van der Waals surface area contributed by atoms with Crippen LogP contribution in [-0.2, 0) is 10.3 Å². The Bertz CT molecular complexity index is 1220. The summed E-state index contributed by atoms with van der Waals surface area (Å²) in [4.78, 5) is 25.5. The Morgan fingerprint density at radius 2 is 1.72 bits per heavy atom. The number of aromatic hydroxyl groups is 2. The van der Waals surface area contributed by atoms with E-state index < -0.39 is 11.6 Å². The molecule has 2 aliphatic heterocycles. The van der Waals surface area contributed by atoms with Crippen LogP contribution in [0.25, 0.3) is 0 Å². The molecular formula is C22H13BrO6. The lowest BCUT2D eigenvalue weighted by molar-refractivity contribution is 0.0220. The first kappa shape index (κ1) is 17.8. The number of carbonyl (C=O) groups is 2. The fourth-order valence-electron chi connectivity index (χ4n) is 4.08. The van der Waals surface area contributed by atoms with E-state index in [-0.39, 0.29) is 39.7 Å². The van der Waals surface area contributed by atoms with Crippen molar-refractivity contribution in [3.05, 3.63) is 82.4 Å². The molecule has 7 heteroatoms. The summed E-state index contributed by atoms with van der Waals surface area (Å²) < 4.78 is 11.9. The minimum absolute atomic E-state index is 0.0109. The normalized spacial score (nSPS) is 18.4. The van der Waals surface area contributed by atoms with Crippen LogP contribution in [0.3, 0.4) is 0 Å². The highest BCUT2D eigenvalue weighted by Crippen LogP contribution is 2.58. The molecule has 5 rings (SSSR count). The molecule has 1 unspecified atom stereocenters. The molecular weight excluding hydrogens is 440 g/mol. The van der Waals surface area contributed by atoms with Crippen LogP contribution in [0, 0.1) is 0 Å². The summed E-state index contributed by atoms with van der Waals surface area (Å²) in [5.41, 5.74) is 0.512. The fourth-order valence-corrected chi connectivity index (χ4v) is 4.38. The van der Waals surface area contributed by atoms with E-state index in [1.54, 1.807) is 30.3 Å². The van der Waals surface area contributed by atoms with E-state index in [0.717, 1.165) is 0 Å². The summed E-state index contributed by atoms with van der Waals surface area (Å²) in [7, 11) is 0. The average molecular weight is 453 g/mol. The molecule has 29 heavy (non-hydrogen) atoms. The lowest BCUT2D eigenvalue weighted by atomic mass is 9.75. The van der Waals surface area contributed by atoms with Gasteiger partial charge in [0.1, 0.15) is 23.0 Å². The van der Waals surface area contributed by atoms with Crippen molar-refractivity contribution in [1.82, 2.24) is 0 Å². The summed E-state index contributed by atoms with van der Waals surface area (Å²) in [5, 5.41) is 20.2. The van der Waals surface area contributed by atoms with Crippen molar-refractivity contribution in [3.8, 4) is 23.0 Å². The van der Waals surface area contributed by atoms with E-state index in [2.05, 4.69) is 15.9 Å². The molecule has 2 aliphatic rings. The van der Waals surface area contributed by atoms with Crippen molar-refractivity contribution in [2.75, 3.05) is 5.33 Å². The average Bonchev–Trinajstić information content (AvgIpc) is 2.99. The summed E-state index contributed by atoms with van der Waals surface area (Å²) >= 11 is 3.17. The number of hydrogen-bond donors (Lipinski definition) is 2. The van der Waals surface area contributed by atoms with Gasteiger partial charge >= 0.3 is 5.97 Å². The smallest absolute Gasteiger partial charge is 0.340 e. The van der Waals surface area contributed by atoms with Crippen molar-refractivity contribution in [1.29, 1.82) is 0 Å². The molecule has 0 bridgehead atoms. The van der Waals surface area contributed by atoms with Crippen LogP contribution in [0.15, 0.2) is 54.6 Å². The van der Waals surface area contributed by atoms with Gasteiger partial charge < -0.3 is 19.7 Å². The monoisotopic (exact) mass is 452 g/mol. The third-order valence-electron chi connectivity index (χ3n) is 5.20. The molecule has 0 radical (unpaired) electrons. The van der Waals surface area contributed by atoms with Gasteiger partial charge in [0.25, 0.3) is 0 Å². The largest absolute Gasteiger partial charge is 0.508 e. The Kier molecular flexibility index (Phi) is 3.73. The van der Waals surface area contributed by atoms with Crippen molar-refractivity contribution >= 4 is 27.7 Å². The first-order valence-corrected chi connectivity index (χ1v) is 9.88. The van der Waals surface area contributed by atoms with E-state index in [4.69, 9.17) is 9.47 Å². The zero-order chi connectivity index (χ0) is 20.3. The van der Waals surface area contributed by atoms with Crippen LogP contribution >= 0.6 is 15.9 Å². The Labute approximate surface area is 173 Å². The second-order valence-corrected chi connectivity index (χ2v) is 7.38. The quantitative estimate of drug-likeness (QED) is 0.343. The minimum atomic E-state index is -1.44. The molecule has 0 saturated carbocycles. The fraction of sp³-hybridized carbons (Fsp3) is 0.0909. The Morgan fingerprint density at radius 1 is 0.966 bits per heavy atom. The van der Waals surface area contributed by atoms with Gasteiger partial charge in [-0.1, -0.05) is 34.1 Å². The van der Waals surface area contributed by atoms with Gasteiger partial charge in [-0.15, -0.1) is 0 Å². The molecule has 2 N–H and O–H groups in total. The van der Waals surface area contributed by atoms with Gasteiger partial charge in [0, 0.05) is 28.8 Å². The molecule has 1 spiro atoms. The number of Topliss-reactive ketones (excluding diaryl/α,β-unsaturated/α-hetero) is 1. The second kappa shape index (κ2) is 6.09. The predicted molar refractivity (Wildman–Crippen MR) is 106 cm³/mol. The summed E-state index contributed by atoms with van der Waals surface area (Å²) in [5.74, 6) is -0.580. The van der Waals surface area contributed by atoms with Crippen molar-refractivity contribution in [2.45, 2.75) is 5.60 Å². The number of ketones is 1. The summed E-state index contributed by atoms with van der Waals surface area (Å²) in [6, 6.07) is 14.1. The first-order chi connectivity index (χ1) is 14.0. The molecule has 2 heterocycles. The number of hydrogen-bond acceptors (Lipinski definition) is 6. The number of phenols is 2. The molecule has 0 aromatic heterocycles. The maximum absolute atomic E-state index is 12.8. The Morgan fingerprint density at radius 3 is 2.52 bits per heavy atom. The molecule has 3 aromatic carbocycles. The second-order valence-electron chi connectivity index (χ2n) is 6.82. The number of halogens is 1. The SMILES string of the molecule is O=C1OC2(c3ccc(O)cc3Oc3cc(O)cc(C(=O)CBr)c32)c2ccccc21. The number of rotatable bonds is 2. The van der Waals surface area contributed by atoms with E-state index in [1.807, 2.05) is 0 Å². The van der Waals surface area contributed by atoms with Crippen molar-refractivity contribution < 1.29 is 29.3 Å². The molecule has 144 valence electrons. The maximum Gasteiger partial charge on any atom is 0.340 e. The van der Waals surface area contributed by atoms with Gasteiger partial charge in [-0.25, -0.2) is 4.79 Å². The molecule has 6 nitrogen and oxygen atoms in total. The third kappa shape index (κ3) is 2.34. The number of fused-ring (bicyclic) bond motifs is 6. The number of esters is 1. The lowest BCUT2D eigenvalue weighted by Gasteiger charge is -2.37.